The van der Waals surface area contributed by atoms with E-state index in [1.165, 1.54) is 12.1 Å². The summed E-state index contributed by atoms with van der Waals surface area (Å²) in [6.07, 6.45) is 0.498. The molecule has 2 unspecified atom stereocenters. The molecular weight excluding hydrogens is 315 g/mol. The van der Waals surface area contributed by atoms with Gasteiger partial charge in [-0.3, -0.25) is 4.68 Å². The summed E-state index contributed by atoms with van der Waals surface area (Å²) in [5, 5.41) is 34.2. The van der Waals surface area contributed by atoms with Crippen molar-refractivity contribution in [2.75, 3.05) is 6.61 Å². The first-order valence-electron chi connectivity index (χ1n) is 7.87. The van der Waals surface area contributed by atoms with Crippen LogP contribution in [0.2, 0.25) is 0 Å². The molecular formula is C17H21FN2O4. The fourth-order valence-electron chi connectivity index (χ4n) is 3.13. The van der Waals surface area contributed by atoms with Crippen LogP contribution in [-0.2, 0) is 4.74 Å². The average Bonchev–Trinajstić information content (AvgIpc) is 2.97. The Morgan fingerprint density at radius 2 is 2.12 bits per heavy atom. The minimum atomic E-state index is -1.28. The SMILES string of the molecule is CC1=C[C@H](n2cc3ccc(F)cc3n2)[C@@H](C)[C@H](C(O)C(O)CO)O1. The fourth-order valence-corrected chi connectivity index (χ4v) is 3.13. The Kier molecular flexibility index (Phi) is 4.58. The number of ether oxygens (including phenoxy) is 1. The topological polar surface area (TPSA) is 87.7 Å². The van der Waals surface area contributed by atoms with Crippen molar-refractivity contribution in [3.8, 4) is 0 Å². The predicted molar refractivity (Wildman–Crippen MR) is 85.6 cm³/mol. The molecule has 0 spiro atoms. The van der Waals surface area contributed by atoms with Crippen LogP contribution >= 0.6 is 0 Å². The highest BCUT2D eigenvalue weighted by molar-refractivity contribution is 5.77. The van der Waals surface area contributed by atoms with Gasteiger partial charge >= 0.3 is 0 Å². The van der Waals surface area contributed by atoms with Gasteiger partial charge in [0.15, 0.2) is 0 Å². The first-order chi connectivity index (χ1) is 11.4. The van der Waals surface area contributed by atoms with Gasteiger partial charge in [-0.05, 0) is 25.1 Å². The summed E-state index contributed by atoms with van der Waals surface area (Å²) < 4.78 is 20.7. The molecule has 5 atom stereocenters. The van der Waals surface area contributed by atoms with Gasteiger partial charge in [-0.1, -0.05) is 6.92 Å². The molecule has 130 valence electrons. The van der Waals surface area contributed by atoms with Crippen molar-refractivity contribution < 1.29 is 24.4 Å². The number of aliphatic hydroxyl groups excluding tert-OH is 3. The molecule has 0 amide bonds. The number of halogens is 1. The highest BCUT2D eigenvalue weighted by atomic mass is 19.1. The number of fused-ring (bicyclic) bond motifs is 1. The van der Waals surface area contributed by atoms with Gasteiger partial charge in [-0.15, -0.1) is 0 Å². The maximum atomic E-state index is 13.4. The molecule has 1 aliphatic rings. The van der Waals surface area contributed by atoms with Crippen molar-refractivity contribution in [1.29, 1.82) is 0 Å². The van der Waals surface area contributed by atoms with Crippen LogP contribution in [0.3, 0.4) is 0 Å². The lowest BCUT2D eigenvalue weighted by molar-refractivity contribution is -0.113. The van der Waals surface area contributed by atoms with Crippen LogP contribution in [0, 0.1) is 11.7 Å². The van der Waals surface area contributed by atoms with Crippen molar-refractivity contribution in [1.82, 2.24) is 9.78 Å². The number of rotatable bonds is 4. The van der Waals surface area contributed by atoms with Crippen LogP contribution < -0.4 is 0 Å². The number of benzene rings is 1. The molecule has 1 aliphatic heterocycles. The Bertz CT molecular complexity index is 760. The summed E-state index contributed by atoms with van der Waals surface area (Å²) in [6, 6.07) is 4.19. The highest BCUT2D eigenvalue weighted by Crippen LogP contribution is 2.34. The molecule has 0 aliphatic carbocycles. The Hall–Kier alpha value is -1.96. The van der Waals surface area contributed by atoms with Crippen molar-refractivity contribution in [3.63, 3.8) is 0 Å². The molecule has 6 nitrogen and oxygen atoms in total. The van der Waals surface area contributed by atoms with Gasteiger partial charge in [0.2, 0.25) is 0 Å². The molecule has 7 heteroatoms. The first kappa shape index (κ1) is 16.9. The quantitative estimate of drug-likeness (QED) is 0.785. The van der Waals surface area contributed by atoms with E-state index in [0.29, 0.717) is 11.3 Å². The van der Waals surface area contributed by atoms with E-state index in [-0.39, 0.29) is 17.8 Å². The Labute approximate surface area is 138 Å². The molecule has 2 aromatic rings. The monoisotopic (exact) mass is 336 g/mol. The minimum absolute atomic E-state index is 0.218. The maximum absolute atomic E-state index is 13.4. The van der Waals surface area contributed by atoms with Crippen LogP contribution in [0.5, 0.6) is 0 Å². The lowest BCUT2D eigenvalue weighted by Gasteiger charge is -2.38. The highest BCUT2D eigenvalue weighted by Gasteiger charge is 2.39. The third-order valence-corrected chi connectivity index (χ3v) is 4.49. The van der Waals surface area contributed by atoms with E-state index in [1.807, 2.05) is 19.2 Å². The third kappa shape index (κ3) is 3.02. The zero-order chi connectivity index (χ0) is 17.4. The van der Waals surface area contributed by atoms with Gasteiger partial charge in [0, 0.05) is 23.6 Å². The summed E-state index contributed by atoms with van der Waals surface area (Å²) in [5.74, 6) is 0.0287. The lowest BCUT2D eigenvalue weighted by Crippen LogP contribution is -2.47. The van der Waals surface area contributed by atoms with Crippen LogP contribution in [0.4, 0.5) is 4.39 Å². The normalized spacial score (nSPS) is 26.8. The van der Waals surface area contributed by atoms with Crippen LogP contribution in [0.15, 0.2) is 36.2 Å². The van der Waals surface area contributed by atoms with E-state index >= 15 is 0 Å². The van der Waals surface area contributed by atoms with Gasteiger partial charge in [-0.2, -0.15) is 5.10 Å². The van der Waals surface area contributed by atoms with Crippen LogP contribution in [0.25, 0.3) is 10.9 Å². The van der Waals surface area contributed by atoms with E-state index in [2.05, 4.69) is 5.10 Å². The molecule has 0 saturated heterocycles. The number of allylic oxidation sites excluding steroid dienone is 2. The lowest BCUT2D eigenvalue weighted by atomic mass is 9.87. The summed E-state index contributed by atoms with van der Waals surface area (Å²) in [5.41, 5.74) is 0.548. The summed E-state index contributed by atoms with van der Waals surface area (Å²) in [7, 11) is 0. The average molecular weight is 336 g/mol. The van der Waals surface area contributed by atoms with Crippen molar-refractivity contribution in [2.45, 2.75) is 38.2 Å². The van der Waals surface area contributed by atoms with Gasteiger partial charge < -0.3 is 20.1 Å². The van der Waals surface area contributed by atoms with Gasteiger partial charge in [0.25, 0.3) is 0 Å². The number of nitrogens with zero attached hydrogens (tertiary/aromatic N) is 2. The molecule has 1 aromatic heterocycles. The molecule has 0 fully saturated rings. The molecule has 0 radical (unpaired) electrons. The maximum Gasteiger partial charge on any atom is 0.131 e. The van der Waals surface area contributed by atoms with E-state index in [4.69, 9.17) is 9.84 Å². The van der Waals surface area contributed by atoms with Gasteiger partial charge in [0.05, 0.1) is 23.9 Å². The summed E-state index contributed by atoms with van der Waals surface area (Å²) >= 11 is 0. The second kappa shape index (κ2) is 6.51. The van der Waals surface area contributed by atoms with Crippen LogP contribution in [0.1, 0.15) is 19.9 Å². The zero-order valence-corrected chi connectivity index (χ0v) is 13.5. The Morgan fingerprint density at radius 1 is 1.38 bits per heavy atom. The number of hydrogen-bond acceptors (Lipinski definition) is 5. The van der Waals surface area contributed by atoms with Crippen molar-refractivity contribution in [3.05, 3.63) is 42.0 Å². The second-order valence-corrected chi connectivity index (χ2v) is 6.26. The smallest absolute Gasteiger partial charge is 0.131 e. The molecule has 0 bridgehead atoms. The largest absolute Gasteiger partial charge is 0.492 e. The first-order valence-corrected chi connectivity index (χ1v) is 7.87. The Morgan fingerprint density at radius 3 is 2.83 bits per heavy atom. The van der Waals surface area contributed by atoms with Crippen molar-refractivity contribution in [2.24, 2.45) is 5.92 Å². The van der Waals surface area contributed by atoms with Crippen molar-refractivity contribution >= 4 is 10.9 Å². The molecule has 24 heavy (non-hydrogen) atoms. The molecule has 0 saturated carbocycles. The minimum Gasteiger partial charge on any atom is -0.492 e. The fraction of sp³-hybridized carbons (Fsp3) is 0.471. The summed E-state index contributed by atoms with van der Waals surface area (Å²) in [4.78, 5) is 0. The van der Waals surface area contributed by atoms with Gasteiger partial charge in [0.1, 0.15) is 24.1 Å². The third-order valence-electron chi connectivity index (χ3n) is 4.49. The van der Waals surface area contributed by atoms with E-state index in [0.717, 1.165) is 5.39 Å². The molecule has 2 heterocycles. The molecule has 3 N–H and O–H groups in total. The van der Waals surface area contributed by atoms with E-state index in [1.54, 1.807) is 17.7 Å². The number of aliphatic hydroxyl groups is 3. The number of aromatic nitrogens is 2. The molecule has 1 aromatic carbocycles. The van der Waals surface area contributed by atoms with Crippen LogP contribution in [-0.4, -0.2) is 50.0 Å². The van der Waals surface area contributed by atoms with Gasteiger partial charge in [-0.25, -0.2) is 4.39 Å². The number of hydrogen-bond donors (Lipinski definition) is 3. The standard InChI is InChI=1S/C17H21FN2O4/c1-9-5-14(10(2)17(24-9)16(23)15(22)8-21)20-7-11-3-4-12(18)6-13(11)19-20/h3-7,10,14-17,21-23H,8H2,1-2H3/t10-,14+,15?,16?,17-/m1/s1. The second-order valence-electron chi connectivity index (χ2n) is 6.26. The van der Waals surface area contributed by atoms with E-state index < -0.39 is 24.9 Å². The molecule has 3 rings (SSSR count). The van der Waals surface area contributed by atoms with E-state index in [9.17, 15) is 14.6 Å². The zero-order valence-electron chi connectivity index (χ0n) is 13.5. The predicted octanol–water partition coefficient (Wildman–Crippen LogP) is 1.37. The Balaban J connectivity index is 1.94. The summed E-state index contributed by atoms with van der Waals surface area (Å²) in [6.45, 7) is 3.08.